The lowest BCUT2D eigenvalue weighted by Crippen LogP contribution is -2.32. The summed E-state index contributed by atoms with van der Waals surface area (Å²) < 4.78 is 0. The Morgan fingerprint density at radius 2 is 1.69 bits per heavy atom. The highest BCUT2D eigenvalue weighted by Crippen LogP contribution is 2.55. The highest BCUT2D eigenvalue weighted by Gasteiger charge is 2.47. The lowest BCUT2D eigenvalue weighted by Gasteiger charge is -2.24. The molecule has 1 heteroatoms. The molecule has 1 N–H and O–H groups in total. The van der Waals surface area contributed by atoms with Crippen LogP contribution < -0.4 is 5.32 Å². The van der Waals surface area contributed by atoms with Crippen molar-refractivity contribution >= 4 is 0 Å². The average Bonchev–Trinajstić information content (AvgIpc) is 2.91. The first-order valence-electron chi connectivity index (χ1n) is 7.52. The first kappa shape index (κ1) is 12.4. The minimum atomic E-state index is 0.828. The van der Waals surface area contributed by atoms with Gasteiger partial charge in [-0.1, -0.05) is 39.0 Å². The van der Waals surface area contributed by atoms with Gasteiger partial charge in [-0.15, -0.1) is 0 Å². The SMILES string of the molecule is CCCCCCCC(NC)C1CC2CC2C1. The maximum atomic E-state index is 3.58. The van der Waals surface area contributed by atoms with E-state index in [0.29, 0.717) is 0 Å². The van der Waals surface area contributed by atoms with Crippen molar-refractivity contribution in [3.63, 3.8) is 0 Å². The van der Waals surface area contributed by atoms with Gasteiger partial charge < -0.3 is 5.32 Å². The van der Waals surface area contributed by atoms with Crippen molar-refractivity contribution in [1.82, 2.24) is 5.32 Å². The van der Waals surface area contributed by atoms with Crippen LogP contribution in [0, 0.1) is 17.8 Å². The number of unbranched alkanes of at least 4 members (excludes halogenated alkanes) is 4. The predicted molar refractivity (Wildman–Crippen MR) is 70.5 cm³/mol. The Kier molecular flexibility index (Phi) is 4.69. The highest BCUT2D eigenvalue weighted by atomic mass is 14.9. The molecule has 0 saturated heterocycles. The van der Waals surface area contributed by atoms with E-state index < -0.39 is 0 Å². The van der Waals surface area contributed by atoms with Crippen LogP contribution in [0.3, 0.4) is 0 Å². The summed E-state index contributed by atoms with van der Waals surface area (Å²) in [4.78, 5) is 0. The molecule has 2 rings (SSSR count). The second kappa shape index (κ2) is 6.05. The fraction of sp³-hybridized carbons (Fsp3) is 1.00. The zero-order chi connectivity index (χ0) is 11.4. The molecule has 0 amide bonds. The molecule has 0 aromatic heterocycles. The molecule has 0 radical (unpaired) electrons. The summed E-state index contributed by atoms with van der Waals surface area (Å²) in [6, 6.07) is 0.828. The lowest BCUT2D eigenvalue weighted by molar-refractivity contribution is 0.325. The molecule has 2 saturated carbocycles. The zero-order valence-electron chi connectivity index (χ0n) is 11.2. The maximum Gasteiger partial charge on any atom is 0.00925 e. The van der Waals surface area contributed by atoms with Crippen molar-refractivity contribution in [3.05, 3.63) is 0 Å². The summed E-state index contributed by atoms with van der Waals surface area (Å²) in [7, 11) is 2.17. The minimum absolute atomic E-state index is 0.828. The topological polar surface area (TPSA) is 12.0 Å². The number of nitrogens with one attached hydrogen (secondary N) is 1. The molecule has 0 aromatic rings. The van der Waals surface area contributed by atoms with E-state index in [4.69, 9.17) is 0 Å². The Morgan fingerprint density at radius 1 is 1.00 bits per heavy atom. The maximum absolute atomic E-state index is 3.58. The molecule has 0 aliphatic heterocycles. The molecular formula is C15H29N. The molecule has 3 atom stereocenters. The Hall–Kier alpha value is -0.0400. The molecule has 3 unspecified atom stereocenters. The van der Waals surface area contributed by atoms with E-state index in [1.165, 1.54) is 51.4 Å². The molecule has 2 fully saturated rings. The van der Waals surface area contributed by atoms with E-state index in [1.54, 1.807) is 6.42 Å². The van der Waals surface area contributed by atoms with E-state index in [0.717, 1.165) is 23.8 Å². The van der Waals surface area contributed by atoms with Crippen LogP contribution in [0.2, 0.25) is 0 Å². The Balaban J connectivity index is 1.58. The van der Waals surface area contributed by atoms with Crippen LogP contribution in [0.5, 0.6) is 0 Å². The smallest absolute Gasteiger partial charge is 0.00925 e. The van der Waals surface area contributed by atoms with Crippen molar-refractivity contribution in [1.29, 1.82) is 0 Å². The molecule has 0 bridgehead atoms. The third-order valence-corrected chi connectivity index (χ3v) is 4.84. The Labute approximate surface area is 101 Å². The van der Waals surface area contributed by atoms with Gasteiger partial charge in [-0.2, -0.15) is 0 Å². The van der Waals surface area contributed by atoms with E-state index >= 15 is 0 Å². The molecule has 2 aliphatic carbocycles. The third kappa shape index (κ3) is 3.23. The monoisotopic (exact) mass is 223 g/mol. The number of rotatable bonds is 8. The minimum Gasteiger partial charge on any atom is -0.317 e. The lowest BCUT2D eigenvalue weighted by atomic mass is 9.90. The van der Waals surface area contributed by atoms with E-state index in [1.807, 2.05) is 0 Å². The van der Waals surface area contributed by atoms with Crippen molar-refractivity contribution in [2.45, 2.75) is 70.8 Å². The summed E-state index contributed by atoms with van der Waals surface area (Å²) in [6.45, 7) is 2.29. The van der Waals surface area contributed by atoms with Crippen molar-refractivity contribution in [3.8, 4) is 0 Å². The number of hydrogen-bond acceptors (Lipinski definition) is 1. The van der Waals surface area contributed by atoms with Gasteiger partial charge in [-0.25, -0.2) is 0 Å². The fourth-order valence-corrected chi connectivity index (χ4v) is 3.67. The van der Waals surface area contributed by atoms with Crippen LogP contribution in [-0.2, 0) is 0 Å². The van der Waals surface area contributed by atoms with Crippen molar-refractivity contribution < 1.29 is 0 Å². The van der Waals surface area contributed by atoms with E-state index in [-0.39, 0.29) is 0 Å². The highest BCUT2D eigenvalue weighted by molar-refractivity contribution is 4.98. The van der Waals surface area contributed by atoms with Crippen LogP contribution in [0.15, 0.2) is 0 Å². The van der Waals surface area contributed by atoms with E-state index in [9.17, 15) is 0 Å². The van der Waals surface area contributed by atoms with Crippen LogP contribution >= 0.6 is 0 Å². The quantitative estimate of drug-likeness (QED) is 0.614. The first-order chi connectivity index (χ1) is 7.85. The number of hydrogen-bond donors (Lipinski definition) is 1. The molecule has 16 heavy (non-hydrogen) atoms. The van der Waals surface area contributed by atoms with Gasteiger partial charge in [0.15, 0.2) is 0 Å². The summed E-state index contributed by atoms with van der Waals surface area (Å²) in [5, 5.41) is 3.58. The largest absolute Gasteiger partial charge is 0.317 e. The molecule has 1 nitrogen and oxygen atoms in total. The van der Waals surface area contributed by atoms with Crippen LogP contribution in [0.4, 0.5) is 0 Å². The molecule has 2 aliphatic rings. The van der Waals surface area contributed by atoms with E-state index in [2.05, 4.69) is 19.3 Å². The van der Waals surface area contributed by atoms with Gasteiger partial charge in [0, 0.05) is 6.04 Å². The normalized spacial score (nSPS) is 33.8. The van der Waals surface area contributed by atoms with Gasteiger partial charge >= 0.3 is 0 Å². The van der Waals surface area contributed by atoms with Crippen molar-refractivity contribution in [2.75, 3.05) is 7.05 Å². The predicted octanol–water partition coefficient (Wildman–Crippen LogP) is 3.98. The van der Waals surface area contributed by atoms with Gasteiger partial charge in [-0.05, 0) is 50.5 Å². The van der Waals surface area contributed by atoms with Gasteiger partial charge in [0.05, 0.1) is 0 Å². The molecule has 0 spiro atoms. The van der Waals surface area contributed by atoms with Gasteiger partial charge in [0.2, 0.25) is 0 Å². The molecular weight excluding hydrogens is 194 g/mol. The standard InChI is InChI=1S/C15H29N/c1-3-4-5-6-7-8-15(16-2)14-10-12-9-13(12)11-14/h12-16H,3-11H2,1-2H3. The zero-order valence-corrected chi connectivity index (χ0v) is 11.2. The molecule has 0 aromatic carbocycles. The number of fused-ring (bicyclic) bond motifs is 1. The Morgan fingerprint density at radius 3 is 2.31 bits per heavy atom. The van der Waals surface area contributed by atoms with Crippen molar-refractivity contribution in [2.24, 2.45) is 17.8 Å². The van der Waals surface area contributed by atoms with Crippen LogP contribution in [-0.4, -0.2) is 13.1 Å². The van der Waals surface area contributed by atoms with Gasteiger partial charge in [0.25, 0.3) is 0 Å². The van der Waals surface area contributed by atoms with Gasteiger partial charge in [0.1, 0.15) is 0 Å². The van der Waals surface area contributed by atoms with Gasteiger partial charge in [-0.3, -0.25) is 0 Å². The summed E-state index contributed by atoms with van der Waals surface area (Å²) in [6.07, 6.45) is 13.2. The summed E-state index contributed by atoms with van der Waals surface area (Å²) >= 11 is 0. The summed E-state index contributed by atoms with van der Waals surface area (Å²) in [5.41, 5.74) is 0. The average molecular weight is 223 g/mol. The second-order valence-corrected chi connectivity index (χ2v) is 6.09. The first-order valence-corrected chi connectivity index (χ1v) is 7.52. The second-order valence-electron chi connectivity index (χ2n) is 6.09. The molecule has 94 valence electrons. The fourth-order valence-electron chi connectivity index (χ4n) is 3.67. The van der Waals surface area contributed by atoms with Crippen LogP contribution in [0.1, 0.15) is 64.7 Å². The molecule has 0 heterocycles. The third-order valence-electron chi connectivity index (χ3n) is 4.84. The van der Waals surface area contributed by atoms with Crippen LogP contribution in [0.25, 0.3) is 0 Å². The summed E-state index contributed by atoms with van der Waals surface area (Å²) in [5.74, 6) is 3.29. The Bertz CT molecular complexity index is 192.